The van der Waals surface area contributed by atoms with Gasteiger partial charge in [-0.05, 0) is 36.4 Å². The molecule has 0 fully saturated rings. The minimum absolute atomic E-state index is 0.443. The Balaban J connectivity index is 2.06. The van der Waals surface area contributed by atoms with Crippen molar-refractivity contribution in [1.82, 2.24) is 0 Å². The molecular weight excluding hydrogens is 346 g/mol. The van der Waals surface area contributed by atoms with E-state index in [1.54, 1.807) is 42.5 Å². The molecule has 20 heavy (non-hydrogen) atoms. The summed E-state index contributed by atoms with van der Waals surface area (Å²) in [5, 5.41) is 3.12. The van der Waals surface area contributed by atoms with Gasteiger partial charge in [-0.15, -0.1) is 0 Å². The maximum atomic E-state index is 11.8. The highest BCUT2D eigenvalue weighted by Gasteiger charge is 2.09. The van der Waals surface area contributed by atoms with Crippen molar-refractivity contribution in [3.05, 3.63) is 52.0 Å². The van der Waals surface area contributed by atoms with Crippen LogP contribution in [-0.2, 0) is 0 Å². The third-order valence-electron chi connectivity index (χ3n) is 2.42. The van der Waals surface area contributed by atoms with E-state index >= 15 is 0 Å². The maximum Gasteiger partial charge on any atom is 0.417 e. The van der Waals surface area contributed by atoms with Gasteiger partial charge in [0.05, 0.1) is 12.8 Å². The smallest absolute Gasteiger partial charge is 0.417 e. The summed E-state index contributed by atoms with van der Waals surface area (Å²) in [6, 6.07) is 11.8. The molecule has 0 saturated carbocycles. The molecule has 6 heteroatoms. The van der Waals surface area contributed by atoms with E-state index in [0.29, 0.717) is 22.2 Å². The molecule has 0 aliphatic rings. The Morgan fingerprint density at radius 1 is 1.20 bits per heavy atom. The molecule has 1 amide bonds. The zero-order chi connectivity index (χ0) is 14.5. The van der Waals surface area contributed by atoms with Gasteiger partial charge in [0.15, 0.2) is 0 Å². The molecule has 0 aliphatic heterocycles. The van der Waals surface area contributed by atoms with Gasteiger partial charge < -0.3 is 9.47 Å². The molecule has 0 aliphatic carbocycles. The van der Waals surface area contributed by atoms with E-state index in [9.17, 15) is 4.79 Å². The molecule has 104 valence electrons. The van der Waals surface area contributed by atoms with E-state index in [1.165, 1.54) is 7.11 Å². The summed E-state index contributed by atoms with van der Waals surface area (Å²) in [4.78, 5) is 11.8. The fourth-order valence-electron chi connectivity index (χ4n) is 1.51. The lowest BCUT2D eigenvalue weighted by atomic mass is 10.3. The van der Waals surface area contributed by atoms with E-state index in [0.717, 1.165) is 4.47 Å². The van der Waals surface area contributed by atoms with Crippen LogP contribution in [0.5, 0.6) is 11.5 Å². The monoisotopic (exact) mass is 355 g/mol. The number of nitrogens with one attached hydrogen (secondary N) is 1. The Labute approximate surface area is 129 Å². The number of carbonyl (C=O) groups excluding carboxylic acids is 1. The number of ether oxygens (including phenoxy) is 2. The van der Waals surface area contributed by atoms with Crippen molar-refractivity contribution >= 4 is 39.3 Å². The van der Waals surface area contributed by atoms with E-state index < -0.39 is 6.09 Å². The first-order valence-corrected chi connectivity index (χ1v) is 6.83. The predicted molar refractivity (Wildman–Crippen MR) is 81.8 cm³/mol. The molecular formula is C14H11BrClNO3. The normalized spacial score (nSPS) is 9.95. The standard InChI is InChI=1S/C14H11BrClNO3/c1-19-13-8-10(16)4-7-12(13)17-14(18)20-11-5-2-9(15)3-6-11/h2-8H,1H3,(H,17,18). The van der Waals surface area contributed by atoms with Crippen LogP contribution < -0.4 is 14.8 Å². The topological polar surface area (TPSA) is 47.6 Å². The van der Waals surface area contributed by atoms with Crippen molar-refractivity contribution in [1.29, 1.82) is 0 Å². The van der Waals surface area contributed by atoms with Gasteiger partial charge in [-0.1, -0.05) is 27.5 Å². The first-order chi connectivity index (χ1) is 9.58. The summed E-state index contributed by atoms with van der Waals surface area (Å²) in [5.41, 5.74) is 0.485. The van der Waals surface area contributed by atoms with E-state index in [1.807, 2.05) is 0 Å². The molecule has 0 unspecified atom stereocenters. The fourth-order valence-corrected chi connectivity index (χ4v) is 1.94. The first kappa shape index (κ1) is 14.7. The number of carbonyl (C=O) groups is 1. The Bertz CT molecular complexity index is 616. The third-order valence-corrected chi connectivity index (χ3v) is 3.19. The van der Waals surface area contributed by atoms with Gasteiger partial charge in [0.25, 0.3) is 0 Å². The minimum Gasteiger partial charge on any atom is -0.495 e. The van der Waals surface area contributed by atoms with Crippen molar-refractivity contribution in [2.45, 2.75) is 0 Å². The van der Waals surface area contributed by atoms with Crippen molar-refractivity contribution in [2.24, 2.45) is 0 Å². The van der Waals surface area contributed by atoms with Crippen LogP contribution in [0.4, 0.5) is 10.5 Å². The van der Waals surface area contributed by atoms with Crippen LogP contribution in [0.15, 0.2) is 46.9 Å². The number of amides is 1. The molecule has 0 spiro atoms. The van der Waals surface area contributed by atoms with Crippen LogP contribution >= 0.6 is 27.5 Å². The minimum atomic E-state index is -0.604. The van der Waals surface area contributed by atoms with Gasteiger partial charge >= 0.3 is 6.09 Å². The lowest BCUT2D eigenvalue weighted by Crippen LogP contribution is -2.17. The number of halogens is 2. The Kier molecular flexibility index (Phi) is 4.87. The second kappa shape index (κ2) is 6.63. The van der Waals surface area contributed by atoms with Gasteiger partial charge in [0.2, 0.25) is 0 Å². The Hall–Kier alpha value is -1.72. The molecule has 1 N–H and O–H groups in total. The van der Waals surface area contributed by atoms with Crippen LogP contribution in [-0.4, -0.2) is 13.2 Å². The molecule has 0 saturated heterocycles. The van der Waals surface area contributed by atoms with Gasteiger partial charge in [-0.2, -0.15) is 0 Å². The van der Waals surface area contributed by atoms with Gasteiger partial charge in [-0.3, -0.25) is 5.32 Å². The first-order valence-electron chi connectivity index (χ1n) is 5.66. The molecule has 0 atom stereocenters. The zero-order valence-electron chi connectivity index (χ0n) is 10.5. The summed E-state index contributed by atoms with van der Waals surface area (Å²) in [6.45, 7) is 0. The number of rotatable bonds is 3. The zero-order valence-corrected chi connectivity index (χ0v) is 12.9. The summed E-state index contributed by atoms with van der Waals surface area (Å²) in [5.74, 6) is 0.906. The number of benzene rings is 2. The average molecular weight is 357 g/mol. The van der Waals surface area contributed by atoms with Gasteiger partial charge in [0.1, 0.15) is 11.5 Å². The molecule has 0 bridgehead atoms. The number of anilines is 1. The Morgan fingerprint density at radius 2 is 1.90 bits per heavy atom. The second-order valence-electron chi connectivity index (χ2n) is 3.81. The van der Waals surface area contributed by atoms with Crippen molar-refractivity contribution in [2.75, 3.05) is 12.4 Å². The molecule has 0 heterocycles. The Morgan fingerprint density at radius 3 is 2.55 bits per heavy atom. The van der Waals surface area contributed by atoms with Gasteiger partial charge in [-0.25, -0.2) is 4.79 Å². The van der Waals surface area contributed by atoms with Crippen molar-refractivity contribution in [3.8, 4) is 11.5 Å². The van der Waals surface area contributed by atoms with Crippen LogP contribution in [0.1, 0.15) is 0 Å². The van der Waals surface area contributed by atoms with E-state index in [2.05, 4.69) is 21.2 Å². The summed E-state index contributed by atoms with van der Waals surface area (Å²) >= 11 is 9.15. The lowest BCUT2D eigenvalue weighted by Gasteiger charge is -2.10. The fraction of sp³-hybridized carbons (Fsp3) is 0.0714. The molecule has 2 aromatic rings. The predicted octanol–water partition coefficient (Wildman–Crippen LogP) is 4.72. The summed E-state index contributed by atoms with van der Waals surface area (Å²) in [7, 11) is 1.50. The second-order valence-corrected chi connectivity index (χ2v) is 5.17. The van der Waals surface area contributed by atoms with Crippen LogP contribution in [0.2, 0.25) is 5.02 Å². The molecule has 4 nitrogen and oxygen atoms in total. The molecule has 0 aromatic heterocycles. The van der Waals surface area contributed by atoms with Crippen molar-refractivity contribution < 1.29 is 14.3 Å². The summed E-state index contributed by atoms with van der Waals surface area (Å²) in [6.07, 6.45) is -0.604. The highest BCUT2D eigenvalue weighted by molar-refractivity contribution is 9.10. The van der Waals surface area contributed by atoms with E-state index in [-0.39, 0.29) is 0 Å². The molecule has 2 rings (SSSR count). The van der Waals surface area contributed by atoms with Crippen LogP contribution in [0.25, 0.3) is 0 Å². The highest BCUT2D eigenvalue weighted by Crippen LogP contribution is 2.28. The highest BCUT2D eigenvalue weighted by atomic mass is 79.9. The SMILES string of the molecule is COc1cc(Cl)ccc1NC(=O)Oc1ccc(Br)cc1. The number of hydrogen-bond donors (Lipinski definition) is 1. The quantitative estimate of drug-likeness (QED) is 0.865. The molecule has 2 aromatic carbocycles. The average Bonchev–Trinajstić information content (AvgIpc) is 2.43. The summed E-state index contributed by atoms with van der Waals surface area (Å²) < 4.78 is 11.2. The molecule has 0 radical (unpaired) electrons. The van der Waals surface area contributed by atoms with E-state index in [4.69, 9.17) is 21.1 Å². The van der Waals surface area contributed by atoms with Gasteiger partial charge in [0, 0.05) is 15.6 Å². The van der Waals surface area contributed by atoms with Crippen LogP contribution in [0, 0.1) is 0 Å². The van der Waals surface area contributed by atoms with Crippen molar-refractivity contribution in [3.63, 3.8) is 0 Å². The van der Waals surface area contributed by atoms with Crippen LogP contribution in [0.3, 0.4) is 0 Å². The number of hydrogen-bond acceptors (Lipinski definition) is 3. The lowest BCUT2D eigenvalue weighted by molar-refractivity contribution is 0.215. The third kappa shape index (κ3) is 3.88. The number of methoxy groups -OCH3 is 1. The maximum absolute atomic E-state index is 11.8. The largest absolute Gasteiger partial charge is 0.495 e.